The summed E-state index contributed by atoms with van der Waals surface area (Å²) in [4.78, 5) is 15.0. The maximum absolute atomic E-state index is 13.0. The van der Waals surface area contributed by atoms with E-state index >= 15 is 0 Å². The van der Waals surface area contributed by atoms with Gasteiger partial charge in [-0.3, -0.25) is 4.79 Å². The van der Waals surface area contributed by atoms with Crippen molar-refractivity contribution in [3.63, 3.8) is 0 Å². The molecule has 0 saturated carbocycles. The van der Waals surface area contributed by atoms with Gasteiger partial charge in [0.2, 0.25) is 5.91 Å². The second-order valence-corrected chi connectivity index (χ2v) is 6.04. The van der Waals surface area contributed by atoms with Gasteiger partial charge in [-0.15, -0.1) is 0 Å². The van der Waals surface area contributed by atoms with E-state index in [1.54, 1.807) is 0 Å². The molecule has 3 atom stereocenters. The van der Waals surface area contributed by atoms with E-state index in [-0.39, 0.29) is 24.0 Å². The summed E-state index contributed by atoms with van der Waals surface area (Å²) in [6.07, 6.45) is 1.81. The number of nitrogens with one attached hydrogen (secondary N) is 1. The second-order valence-electron chi connectivity index (χ2n) is 6.04. The summed E-state index contributed by atoms with van der Waals surface area (Å²) < 4.78 is 5.96. The summed E-state index contributed by atoms with van der Waals surface area (Å²) in [5.74, 6) is 0.222. The molecule has 0 aromatic heterocycles. The van der Waals surface area contributed by atoms with Crippen molar-refractivity contribution in [2.75, 3.05) is 26.2 Å². The molecule has 4 heteroatoms. The van der Waals surface area contributed by atoms with Gasteiger partial charge < -0.3 is 15.0 Å². The minimum absolute atomic E-state index is 0.0401. The van der Waals surface area contributed by atoms with E-state index in [9.17, 15) is 4.79 Å². The van der Waals surface area contributed by atoms with Crippen LogP contribution in [0.2, 0.25) is 0 Å². The van der Waals surface area contributed by atoms with Gasteiger partial charge >= 0.3 is 0 Å². The quantitative estimate of drug-likeness (QED) is 0.904. The molecule has 2 aliphatic heterocycles. The number of hydrogen-bond acceptors (Lipinski definition) is 3. The highest BCUT2D eigenvalue weighted by molar-refractivity contribution is 5.80. The number of ether oxygens (including phenoxy) is 1. The standard InChI is InChI=1S/C17H24N2O2/c1-13-12-18-9-10-19(13)17(20)15-8-5-11-21-16(15)14-6-3-2-4-7-14/h2-4,6-7,13,15-16,18H,5,8-12H2,1H3/t13-,15?,16?/m0/s1. The summed E-state index contributed by atoms with van der Waals surface area (Å²) in [5.41, 5.74) is 1.12. The lowest BCUT2D eigenvalue weighted by molar-refractivity contribution is -0.148. The average molecular weight is 288 g/mol. The fraction of sp³-hybridized carbons (Fsp3) is 0.588. The smallest absolute Gasteiger partial charge is 0.228 e. The molecule has 1 aromatic rings. The van der Waals surface area contributed by atoms with Crippen LogP contribution in [0.5, 0.6) is 0 Å². The van der Waals surface area contributed by atoms with Crippen LogP contribution in [0.4, 0.5) is 0 Å². The molecule has 4 nitrogen and oxygen atoms in total. The van der Waals surface area contributed by atoms with Crippen molar-refractivity contribution in [1.29, 1.82) is 0 Å². The van der Waals surface area contributed by atoms with Gasteiger partial charge in [0.15, 0.2) is 0 Å². The minimum Gasteiger partial charge on any atom is -0.373 e. The van der Waals surface area contributed by atoms with E-state index < -0.39 is 0 Å². The Morgan fingerprint density at radius 1 is 1.33 bits per heavy atom. The number of benzene rings is 1. The van der Waals surface area contributed by atoms with E-state index in [1.165, 1.54) is 0 Å². The molecule has 2 heterocycles. The average Bonchev–Trinajstić information content (AvgIpc) is 2.55. The molecule has 2 unspecified atom stereocenters. The van der Waals surface area contributed by atoms with Crippen molar-refractivity contribution in [2.45, 2.75) is 31.9 Å². The van der Waals surface area contributed by atoms with E-state index in [0.29, 0.717) is 0 Å². The first-order valence-corrected chi connectivity index (χ1v) is 7.95. The first-order valence-electron chi connectivity index (χ1n) is 7.95. The Balaban J connectivity index is 1.79. The topological polar surface area (TPSA) is 41.6 Å². The number of piperazine rings is 1. The van der Waals surface area contributed by atoms with E-state index in [2.05, 4.69) is 24.4 Å². The van der Waals surface area contributed by atoms with E-state index in [4.69, 9.17) is 4.74 Å². The molecular formula is C17H24N2O2. The predicted octanol–water partition coefficient (Wildman–Crippen LogP) is 1.97. The molecule has 114 valence electrons. The molecule has 2 aliphatic rings. The molecule has 3 rings (SSSR count). The number of amides is 1. The second kappa shape index (κ2) is 6.58. The van der Waals surface area contributed by atoms with Gasteiger partial charge in [-0.2, -0.15) is 0 Å². The number of carbonyl (C=O) groups excluding carboxylic acids is 1. The molecule has 21 heavy (non-hydrogen) atoms. The van der Waals surface area contributed by atoms with Crippen LogP contribution in [-0.4, -0.2) is 43.1 Å². The Kier molecular flexibility index (Phi) is 4.56. The van der Waals surface area contributed by atoms with Crippen molar-refractivity contribution < 1.29 is 9.53 Å². The van der Waals surface area contributed by atoms with Gasteiger partial charge in [0.1, 0.15) is 0 Å². The van der Waals surface area contributed by atoms with Gasteiger partial charge in [0.25, 0.3) is 0 Å². The Labute approximate surface area is 126 Å². The maximum atomic E-state index is 13.0. The fourth-order valence-corrected chi connectivity index (χ4v) is 3.39. The monoisotopic (exact) mass is 288 g/mol. The molecule has 1 aromatic carbocycles. The van der Waals surface area contributed by atoms with Gasteiger partial charge in [0, 0.05) is 32.3 Å². The zero-order valence-corrected chi connectivity index (χ0v) is 12.6. The van der Waals surface area contributed by atoms with Crippen molar-refractivity contribution >= 4 is 5.91 Å². The predicted molar refractivity (Wildman–Crippen MR) is 81.9 cm³/mol. The lowest BCUT2D eigenvalue weighted by Crippen LogP contribution is -2.54. The van der Waals surface area contributed by atoms with Gasteiger partial charge in [-0.1, -0.05) is 30.3 Å². The highest BCUT2D eigenvalue weighted by Gasteiger charge is 2.37. The zero-order chi connectivity index (χ0) is 14.7. The summed E-state index contributed by atoms with van der Waals surface area (Å²) in [7, 11) is 0. The molecule has 0 radical (unpaired) electrons. The highest BCUT2D eigenvalue weighted by Crippen LogP contribution is 2.35. The molecule has 2 fully saturated rings. The summed E-state index contributed by atoms with van der Waals surface area (Å²) in [6, 6.07) is 10.4. The maximum Gasteiger partial charge on any atom is 0.228 e. The first-order chi connectivity index (χ1) is 10.3. The molecule has 0 aliphatic carbocycles. The van der Waals surface area contributed by atoms with E-state index in [0.717, 1.165) is 44.6 Å². The van der Waals surface area contributed by atoms with Crippen LogP contribution in [0.3, 0.4) is 0 Å². The number of carbonyl (C=O) groups is 1. The van der Waals surface area contributed by atoms with Gasteiger partial charge in [0.05, 0.1) is 12.0 Å². The first kappa shape index (κ1) is 14.5. The SMILES string of the molecule is C[C@H]1CNCCN1C(=O)C1CCCOC1c1ccccc1. The Morgan fingerprint density at radius 2 is 2.14 bits per heavy atom. The Morgan fingerprint density at radius 3 is 2.90 bits per heavy atom. The highest BCUT2D eigenvalue weighted by atomic mass is 16.5. The molecule has 1 amide bonds. The fourth-order valence-electron chi connectivity index (χ4n) is 3.39. The van der Waals surface area contributed by atoms with Crippen LogP contribution in [0.15, 0.2) is 30.3 Å². The van der Waals surface area contributed by atoms with Crippen LogP contribution in [0.25, 0.3) is 0 Å². The van der Waals surface area contributed by atoms with Crippen molar-refractivity contribution in [1.82, 2.24) is 10.2 Å². The summed E-state index contributed by atoms with van der Waals surface area (Å²) >= 11 is 0. The van der Waals surface area contributed by atoms with Crippen molar-refractivity contribution in [3.05, 3.63) is 35.9 Å². The largest absolute Gasteiger partial charge is 0.373 e. The molecular weight excluding hydrogens is 264 g/mol. The molecule has 0 bridgehead atoms. The van der Waals surface area contributed by atoms with Crippen molar-refractivity contribution in [2.24, 2.45) is 5.92 Å². The van der Waals surface area contributed by atoms with Crippen LogP contribution >= 0.6 is 0 Å². The normalized spacial score (nSPS) is 30.1. The minimum atomic E-state index is -0.0884. The molecule has 2 saturated heterocycles. The van der Waals surface area contributed by atoms with Crippen LogP contribution < -0.4 is 5.32 Å². The molecule has 1 N–H and O–H groups in total. The number of hydrogen-bond donors (Lipinski definition) is 1. The Hall–Kier alpha value is -1.39. The van der Waals surface area contributed by atoms with Gasteiger partial charge in [-0.05, 0) is 25.3 Å². The number of rotatable bonds is 2. The van der Waals surface area contributed by atoms with Crippen molar-refractivity contribution in [3.8, 4) is 0 Å². The summed E-state index contributed by atoms with van der Waals surface area (Å²) in [5, 5.41) is 3.34. The Bertz CT molecular complexity index is 477. The lowest BCUT2D eigenvalue weighted by atomic mass is 9.88. The number of nitrogens with zero attached hydrogens (tertiary/aromatic N) is 1. The van der Waals surface area contributed by atoms with Crippen LogP contribution in [-0.2, 0) is 9.53 Å². The summed E-state index contributed by atoms with van der Waals surface area (Å²) in [6.45, 7) is 5.44. The third-order valence-corrected chi connectivity index (χ3v) is 4.55. The van der Waals surface area contributed by atoms with E-state index in [1.807, 2.05) is 23.1 Å². The zero-order valence-electron chi connectivity index (χ0n) is 12.6. The lowest BCUT2D eigenvalue weighted by Gasteiger charge is -2.39. The molecule has 0 spiro atoms. The van der Waals surface area contributed by atoms with Crippen LogP contribution in [0.1, 0.15) is 31.4 Å². The third-order valence-electron chi connectivity index (χ3n) is 4.55. The third kappa shape index (κ3) is 3.11. The van der Waals surface area contributed by atoms with Gasteiger partial charge in [-0.25, -0.2) is 0 Å². The van der Waals surface area contributed by atoms with Crippen LogP contribution in [0, 0.1) is 5.92 Å².